The average molecular weight is 305 g/mol. The number of pyridine rings is 1. The van der Waals surface area contributed by atoms with Crippen molar-refractivity contribution in [3.63, 3.8) is 0 Å². The summed E-state index contributed by atoms with van der Waals surface area (Å²) in [5.74, 6) is 1.33. The van der Waals surface area contributed by atoms with E-state index in [2.05, 4.69) is 57.6 Å². The highest BCUT2D eigenvalue weighted by Gasteiger charge is 2.07. The summed E-state index contributed by atoms with van der Waals surface area (Å²) in [6.45, 7) is 4.15. The van der Waals surface area contributed by atoms with Crippen molar-refractivity contribution in [3.05, 3.63) is 59.9 Å². The molecule has 0 aliphatic rings. The summed E-state index contributed by atoms with van der Waals surface area (Å²) in [7, 11) is 1.81. The Morgan fingerprint density at radius 3 is 2.43 bits per heavy atom. The zero-order valence-corrected chi connectivity index (χ0v) is 13.5. The third kappa shape index (κ3) is 3.45. The molecule has 0 radical (unpaired) electrons. The molecule has 5 heteroatoms. The van der Waals surface area contributed by atoms with Crippen LogP contribution < -0.4 is 10.6 Å². The van der Waals surface area contributed by atoms with Crippen LogP contribution in [0.1, 0.15) is 11.1 Å². The molecule has 3 aromatic rings. The number of nitrogens with one attached hydrogen (secondary N) is 2. The van der Waals surface area contributed by atoms with Crippen molar-refractivity contribution in [3.8, 4) is 11.3 Å². The van der Waals surface area contributed by atoms with E-state index in [9.17, 15) is 0 Å². The van der Waals surface area contributed by atoms with Gasteiger partial charge in [-0.2, -0.15) is 4.98 Å². The van der Waals surface area contributed by atoms with Gasteiger partial charge >= 0.3 is 0 Å². The third-order valence-corrected chi connectivity index (χ3v) is 3.58. The van der Waals surface area contributed by atoms with Gasteiger partial charge in [-0.15, -0.1) is 0 Å². The van der Waals surface area contributed by atoms with Crippen molar-refractivity contribution in [1.82, 2.24) is 15.0 Å². The molecular formula is C18H19N5. The highest BCUT2D eigenvalue weighted by Crippen LogP contribution is 2.25. The summed E-state index contributed by atoms with van der Waals surface area (Å²) in [4.78, 5) is 13.1. The van der Waals surface area contributed by atoms with Gasteiger partial charge in [0.05, 0.1) is 5.69 Å². The molecule has 3 rings (SSSR count). The molecule has 0 spiro atoms. The molecule has 2 N–H and O–H groups in total. The summed E-state index contributed by atoms with van der Waals surface area (Å²) >= 11 is 0. The molecule has 0 saturated heterocycles. The van der Waals surface area contributed by atoms with Gasteiger partial charge in [0.2, 0.25) is 5.95 Å². The Kier molecular flexibility index (Phi) is 4.19. The molecule has 0 unspecified atom stereocenters. The lowest BCUT2D eigenvalue weighted by Gasteiger charge is -2.12. The van der Waals surface area contributed by atoms with Crippen molar-refractivity contribution >= 4 is 17.5 Å². The van der Waals surface area contributed by atoms with Crippen LogP contribution in [-0.4, -0.2) is 22.0 Å². The summed E-state index contributed by atoms with van der Waals surface area (Å²) < 4.78 is 0. The second-order valence-electron chi connectivity index (χ2n) is 5.39. The zero-order valence-electron chi connectivity index (χ0n) is 13.5. The number of aromatic nitrogens is 3. The van der Waals surface area contributed by atoms with E-state index < -0.39 is 0 Å². The van der Waals surface area contributed by atoms with Crippen LogP contribution in [0.2, 0.25) is 0 Å². The largest absolute Gasteiger partial charge is 0.357 e. The molecule has 5 nitrogen and oxygen atoms in total. The topological polar surface area (TPSA) is 62.7 Å². The fourth-order valence-electron chi connectivity index (χ4n) is 2.30. The number of hydrogen-bond donors (Lipinski definition) is 2. The minimum Gasteiger partial charge on any atom is -0.357 e. The van der Waals surface area contributed by atoms with Gasteiger partial charge in [-0.25, -0.2) is 4.98 Å². The van der Waals surface area contributed by atoms with E-state index in [1.807, 2.05) is 25.2 Å². The minimum atomic E-state index is 0.576. The second kappa shape index (κ2) is 6.44. The maximum absolute atomic E-state index is 4.51. The van der Waals surface area contributed by atoms with E-state index in [0.29, 0.717) is 5.95 Å². The quantitative estimate of drug-likeness (QED) is 0.764. The van der Waals surface area contributed by atoms with Gasteiger partial charge in [0.1, 0.15) is 5.82 Å². The Bertz CT molecular complexity index is 815. The average Bonchev–Trinajstić information content (AvgIpc) is 2.58. The van der Waals surface area contributed by atoms with Crippen molar-refractivity contribution in [1.29, 1.82) is 0 Å². The standard InChI is InChI=1S/C18H19N5/c1-12-4-5-13(2)15(10-12)21-17-11-16(22-18(19-3)23-17)14-6-8-20-9-7-14/h4-11H,1-3H3,(H2,19,21,22,23). The van der Waals surface area contributed by atoms with Gasteiger partial charge in [0, 0.05) is 36.8 Å². The summed E-state index contributed by atoms with van der Waals surface area (Å²) in [5, 5.41) is 6.40. The van der Waals surface area contributed by atoms with Crippen molar-refractivity contribution in [2.75, 3.05) is 17.7 Å². The third-order valence-electron chi connectivity index (χ3n) is 3.58. The van der Waals surface area contributed by atoms with E-state index in [1.165, 1.54) is 11.1 Å². The number of benzene rings is 1. The number of hydrogen-bond acceptors (Lipinski definition) is 5. The highest BCUT2D eigenvalue weighted by atomic mass is 15.1. The van der Waals surface area contributed by atoms with Crippen LogP contribution >= 0.6 is 0 Å². The van der Waals surface area contributed by atoms with Crippen LogP contribution in [0.5, 0.6) is 0 Å². The van der Waals surface area contributed by atoms with Crippen molar-refractivity contribution < 1.29 is 0 Å². The van der Waals surface area contributed by atoms with Crippen LogP contribution in [0.25, 0.3) is 11.3 Å². The lowest BCUT2D eigenvalue weighted by Crippen LogP contribution is -2.03. The van der Waals surface area contributed by atoms with Crippen molar-refractivity contribution in [2.45, 2.75) is 13.8 Å². The molecule has 0 amide bonds. The molecule has 2 aromatic heterocycles. The van der Waals surface area contributed by atoms with E-state index in [0.717, 1.165) is 22.8 Å². The Labute approximate surface area is 135 Å². The molecule has 116 valence electrons. The molecule has 23 heavy (non-hydrogen) atoms. The molecule has 0 atom stereocenters. The van der Waals surface area contributed by atoms with E-state index in [1.54, 1.807) is 12.4 Å². The summed E-state index contributed by atoms with van der Waals surface area (Å²) in [6, 6.07) is 12.1. The van der Waals surface area contributed by atoms with Gasteiger partial charge in [-0.05, 0) is 43.2 Å². The number of aryl methyl sites for hydroxylation is 2. The summed E-state index contributed by atoms with van der Waals surface area (Å²) in [5.41, 5.74) is 5.27. The first kappa shape index (κ1) is 15.0. The van der Waals surface area contributed by atoms with Gasteiger partial charge < -0.3 is 10.6 Å². The molecule has 0 aliphatic heterocycles. The molecule has 0 fully saturated rings. The van der Waals surface area contributed by atoms with Gasteiger partial charge in [0.25, 0.3) is 0 Å². The lowest BCUT2D eigenvalue weighted by atomic mass is 10.1. The Morgan fingerprint density at radius 2 is 1.70 bits per heavy atom. The van der Waals surface area contributed by atoms with Gasteiger partial charge in [-0.1, -0.05) is 12.1 Å². The zero-order chi connectivity index (χ0) is 16.2. The molecular weight excluding hydrogens is 286 g/mol. The molecule has 0 saturated carbocycles. The van der Waals surface area contributed by atoms with E-state index in [-0.39, 0.29) is 0 Å². The van der Waals surface area contributed by atoms with Crippen LogP contribution in [0.4, 0.5) is 17.5 Å². The maximum atomic E-state index is 4.51. The molecule has 2 heterocycles. The summed E-state index contributed by atoms with van der Waals surface area (Å²) in [6.07, 6.45) is 3.52. The van der Waals surface area contributed by atoms with Crippen LogP contribution in [0.3, 0.4) is 0 Å². The highest BCUT2D eigenvalue weighted by molar-refractivity contribution is 5.68. The van der Waals surface area contributed by atoms with Crippen molar-refractivity contribution in [2.24, 2.45) is 0 Å². The fourth-order valence-corrected chi connectivity index (χ4v) is 2.30. The van der Waals surface area contributed by atoms with Gasteiger partial charge in [-0.3, -0.25) is 4.98 Å². The predicted molar refractivity (Wildman–Crippen MR) is 94.0 cm³/mol. The van der Waals surface area contributed by atoms with E-state index >= 15 is 0 Å². The smallest absolute Gasteiger partial charge is 0.224 e. The first-order valence-electron chi connectivity index (χ1n) is 7.47. The van der Waals surface area contributed by atoms with Crippen LogP contribution in [-0.2, 0) is 0 Å². The molecule has 0 bridgehead atoms. The van der Waals surface area contributed by atoms with Gasteiger partial charge in [0.15, 0.2) is 0 Å². The SMILES string of the molecule is CNc1nc(Nc2cc(C)ccc2C)cc(-c2ccncc2)n1. The lowest BCUT2D eigenvalue weighted by molar-refractivity contribution is 1.15. The number of rotatable bonds is 4. The monoisotopic (exact) mass is 305 g/mol. The second-order valence-corrected chi connectivity index (χ2v) is 5.39. The Balaban J connectivity index is 2.00. The Morgan fingerprint density at radius 1 is 0.913 bits per heavy atom. The first-order valence-corrected chi connectivity index (χ1v) is 7.47. The maximum Gasteiger partial charge on any atom is 0.224 e. The number of anilines is 3. The van der Waals surface area contributed by atoms with E-state index in [4.69, 9.17) is 0 Å². The molecule has 0 aliphatic carbocycles. The Hall–Kier alpha value is -2.95. The fraction of sp³-hybridized carbons (Fsp3) is 0.167. The number of nitrogens with zero attached hydrogens (tertiary/aromatic N) is 3. The molecule has 1 aromatic carbocycles. The predicted octanol–water partition coefficient (Wildman–Crippen LogP) is 3.94. The normalized spacial score (nSPS) is 10.4. The van der Waals surface area contributed by atoms with Crippen LogP contribution in [0.15, 0.2) is 48.8 Å². The minimum absolute atomic E-state index is 0.576. The first-order chi connectivity index (χ1) is 11.2. The van der Waals surface area contributed by atoms with Crippen LogP contribution in [0, 0.1) is 13.8 Å².